The average Bonchev–Trinajstić information content (AvgIpc) is 3.55. The Bertz CT molecular complexity index is 919. The van der Waals surface area contributed by atoms with E-state index in [0.29, 0.717) is 30.0 Å². The van der Waals surface area contributed by atoms with Gasteiger partial charge in [-0.25, -0.2) is 9.18 Å². The number of aryl methyl sites for hydroxylation is 1. The Kier molecular flexibility index (Phi) is 8.49. The van der Waals surface area contributed by atoms with Gasteiger partial charge in [0.05, 0.1) is 6.61 Å². The van der Waals surface area contributed by atoms with E-state index in [1.165, 1.54) is 12.1 Å². The molecule has 1 heterocycles. The highest BCUT2D eigenvalue weighted by atomic mass is 19.1. The summed E-state index contributed by atoms with van der Waals surface area (Å²) >= 11 is 0. The summed E-state index contributed by atoms with van der Waals surface area (Å²) in [6, 6.07) is 4.24. The van der Waals surface area contributed by atoms with E-state index in [1.807, 2.05) is 18.7 Å². The lowest BCUT2D eigenvalue weighted by atomic mass is 10.1. The second kappa shape index (κ2) is 11.3. The predicted molar refractivity (Wildman–Crippen MR) is 127 cm³/mol. The quantitative estimate of drug-likeness (QED) is 0.235. The molecule has 0 aromatic heterocycles. The van der Waals surface area contributed by atoms with Gasteiger partial charge in [-0.05, 0) is 57.4 Å². The van der Waals surface area contributed by atoms with Gasteiger partial charge in [0.15, 0.2) is 0 Å². The maximum absolute atomic E-state index is 13.8. The number of alkyl carbamates (subject to hydrolysis) is 1. The van der Waals surface area contributed by atoms with E-state index in [-0.39, 0.29) is 30.4 Å². The van der Waals surface area contributed by atoms with Crippen LogP contribution in [-0.2, 0) is 14.3 Å². The van der Waals surface area contributed by atoms with Gasteiger partial charge >= 0.3 is 6.09 Å². The van der Waals surface area contributed by atoms with Crippen LogP contribution < -0.4 is 16.0 Å². The zero-order chi connectivity index (χ0) is 24.7. The fraction of sp³-hybridized carbons (Fsp3) is 0.542. The monoisotopic (exact) mass is 475 g/mol. The minimum atomic E-state index is -0.559. The van der Waals surface area contributed by atoms with Crippen molar-refractivity contribution < 1.29 is 23.5 Å². The first-order valence-electron chi connectivity index (χ1n) is 11.6. The lowest BCUT2D eigenvalue weighted by Gasteiger charge is -2.31. The molecule has 1 aromatic rings. The maximum Gasteiger partial charge on any atom is 0.407 e. The number of nitrogens with one attached hydrogen (secondary N) is 4. The summed E-state index contributed by atoms with van der Waals surface area (Å²) in [4.78, 5) is 27.0. The Labute approximate surface area is 199 Å². The summed E-state index contributed by atoms with van der Waals surface area (Å²) in [6.07, 6.45) is 2.22. The van der Waals surface area contributed by atoms with Crippen LogP contribution in [0.2, 0.25) is 0 Å². The Morgan fingerprint density at radius 3 is 2.47 bits per heavy atom. The van der Waals surface area contributed by atoms with E-state index in [9.17, 15) is 14.0 Å². The number of piperazine rings is 1. The van der Waals surface area contributed by atoms with Crippen LogP contribution in [0.25, 0.3) is 0 Å². The number of carbonyl (C=O) groups is 2. The number of anilines is 1. The Hall–Kier alpha value is -3.14. The Balaban J connectivity index is 1.76. The van der Waals surface area contributed by atoms with Crippen LogP contribution in [0.5, 0.6) is 0 Å². The van der Waals surface area contributed by atoms with Crippen LogP contribution in [0.3, 0.4) is 0 Å². The maximum atomic E-state index is 13.8. The minimum Gasteiger partial charge on any atom is -0.486 e. The number of nitrogens with zero attached hydrogens (tertiary/aromatic N) is 1. The van der Waals surface area contributed by atoms with Crippen molar-refractivity contribution in [3.05, 3.63) is 41.0 Å². The summed E-state index contributed by atoms with van der Waals surface area (Å²) in [5.41, 5.74) is 0.973. The second-order valence-corrected chi connectivity index (χ2v) is 9.23. The highest BCUT2D eigenvalue weighted by Crippen LogP contribution is 2.46. The molecular weight excluding hydrogens is 441 g/mol. The number of rotatable bonds is 10. The molecule has 1 aliphatic carbocycles. The molecule has 1 aliphatic heterocycles. The van der Waals surface area contributed by atoms with Crippen LogP contribution in [0.1, 0.15) is 32.3 Å². The largest absolute Gasteiger partial charge is 0.486 e. The minimum absolute atomic E-state index is 0.00304. The van der Waals surface area contributed by atoms with Crippen molar-refractivity contribution in [1.29, 1.82) is 5.41 Å². The predicted octanol–water partition coefficient (Wildman–Crippen LogP) is 2.77. The van der Waals surface area contributed by atoms with Crippen molar-refractivity contribution in [1.82, 2.24) is 15.5 Å². The van der Waals surface area contributed by atoms with Gasteiger partial charge in [0.1, 0.15) is 18.1 Å². The van der Waals surface area contributed by atoms with Crippen LogP contribution in [0.4, 0.5) is 14.9 Å². The highest BCUT2D eigenvalue weighted by molar-refractivity contribution is 6.05. The Morgan fingerprint density at radius 2 is 1.88 bits per heavy atom. The molecule has 2 fully saturated rings. The van der Waals surface area contributed by atoms with Crippen LogP contribution in [0.15, 0.2) is 29.7 Å². The molecule has 4 N–H and O–H groups in total. The smallest absolute Gasteiger partial charge is 0.407 e. The van der Waals surface area contributed by atoms with Crippen LogP contribution in [-0.4, -0.2) is 68.5 Å². The fourth-order valence-electron chi connectivity index (χ4n) is 3.69. The number of ether oxygens (including phenoxy) is 2. The molecule has 2 amide bonds. The van der Waals surface area contributed by atoms with Gasteiger partial charge in [-0.15, -0.1) is 0 Å². The number of halogens is 1. The summed E-state index contributed by atoms with van der Waals surface area (Å²) in [5, 5.41) is 16.6. The standard InChI is InChI=1S/C24H34FN5O4/c1-16(2)28-23(32)34-15-24(4-5-24)14-33-21(20(13-26)30-8-6-27-7-9-30)22(31)29-19-11-17(3)10-18(25)12-19/h10-13,16,26-27H,4-9,14-15H2,1-3H3,(H,28,32)(H,29,31)/b21-20-,26-13?. The molecule has 0 atom stereocenters. The van der Waals surface area contributed by atoms with Crippen LogP contribution >= 0.6 is 0 Å². The first-order valence-corrected chi connectivity index (χ1v) is 11.6. The number of hydrogen-bond donors (Lipinski definition) is 4. The molecule has 0 bridgehead atoms. The van der Waals surface area contributed by atoms with Crippen molar-refractivity contribution in [2.45, 2.75) is 39.7 Å². The lowest BCUT2D eigenvalue weighted by Crippen LogP contribution is -2.44. The Morgan fingerprint density at radius 1 is 1.21 bits per heavy atom. The number of carbonyl (C=O) groups excluding carboxylic acids is 2. The first kappa shape index (κ1) is 25.5. The van der Waals surface area contributed by atoms with E-state index in [0.717, 1.165) is 32.1 Å². The van der Waals surface area contributed by atoms with Gasteiger partial charge in [0.2, 0.25) is 5.76 Å². The third-order valence-corrected chi connectivity index (χ3v) is 5.73. The van der Waals surface area contributed by atoms with Gasteiger partial charge in [-0.2, -0.15) is 0 Å². The van der Waals surface area contributed by atoms with E-state index in [4.69, 9.17) is 14.9 Å². The van der Waals surface area contributed by atoms with E-state index in [1.54, 1.807) is 13.0 Å². The number of benzene rings is 1. The third-order valence-electron chi connectivity index (χ3n) is 5.73. The molecule has 2 aliphatic rings. The fourth-order valence-corrected chi connectivity index (χ4v) is 3.69. The number of hydrogen-bond acceptors (Lipinski definition) is 7. The molecule has 9 nitrogen and oxygen atoms in total. The zero-order valence-corrected chi connectivity index (χ0v) is 20.0. The van der Waals surface area contributed by atoms with Crippen LogP contribution in [0, 0.1) is 23.6 Å². The van der Waals surface area contributed by atoms with Gasteiger partial charge in [-0.3, -0.25) is 4.79 Å². The molecule has 186 valence electrons. The SMILES string of the molecule is Cc1cc(F)cc(NC(=O)/C(OCC2(COC(=O)NC(C)C)CC2)=C(\C=N)N2CCNCC2)c1. The van der Waals surface area contributed by atoms with Gasteiger partial charge in [-0.1, -0.05) is 0 Å². The van der Waals surface area contributed by atoms with E-state index < -0.39 is 17.8 Å². The first-order chi connectivity index (χ1) is 16.2. The van der Waals surface area contributed by atoms with Gasteiger partial charge < -0.3 is 35.7 Å². The van der Waals surface area contributed by atoms with E-state index in [2.05, 4.69) is 16.0 Å². The molecule has 3 rings (SSSR count). The van der Waals surface area contributed by atoms with Gasteiger partial charge in [0, 0.05) is 49.5 Å². The van der Waals surface area contributed by atoms with Crippen molar-refractivity contribution in [2.75, 3.05) is 44.7 Å². The molecule has 34 heavy (non-hydrogen) atoms. The highest BCUT2D eigenvalue weighted by Gasteiger charge is 2.45. The summed E-state index contributed by atoms with van der Waals surface area (Å²) in [6.45, 7) is 8.46. The molecule has 0 unspecified atom stereocenters. The normalized spacial score (nSPS) is 17.5. The average molecular weight is 476 g/mol. The molecule has 1 saturated heterocycles. The number of allylic oxidation sites excluding steroid dienone is 1. The van der Waals surface area contributed by atoms with Crippen molar-refractivity contribution >= 4 is 23.9 Å². The molecule has 0 spiro atoms. The lowest BCUT2D eigenvalue weighted by molar-refractivity contribution is -0.116. The topological polar surface area (TPSA) is 116 Å². The van der Waals surface area contributed by atoms with Crippen molar-refractivity contribution in [3.8, 4) is 0 Å². The van der Waals surface area contributed by atoms with Gasteiger partial charge in [0.25, 0.3) is 5.91 Å². The molecular formula is C24H34FN5O4. The summed E-state index contributed by atoms with van der Waals surface area (Å²) in [7, 11) is 0. The zero-order valence-electron chi connectivity index (χ0n) is 20.0. The summed E-state index contributed by atoms with van der Waals surface area (Å²) in [5.74, 6) is -1.02. The second-order valence-electron chi connectivity index (χ2n) is 9.23. The van der Waals surface area contributed by atoms with Crippen molar-refractivity contribution in [2.24, 2.45) is 5.41 Å². The van der Waals surface area contributed by atoms with Crippen molar-refractivity contribution in [3.63, 3.8) is 0 Å². The molecule has 0 radical (unpaired) electrons. The number of amides is 2. The molecule has 1 saturated carbocycles. The molecule has 1 aromatic carbocycles. The molecule has 10 heteroatoms. The summed E-state index contributed by atoms with van der Waals surface area (Å²) < 4.78 is 25.2. The third kappa shape index (κ3) is 7.18. The van der Waals surface area contributed by atoms with E-state index >= 15 is 0 Å².